The summed E-state index contributed by atoms with van der Waals surface area (Å²) in [7, 11) is 0. The van der Waals surface area contributed by atoms with Crippen LogP contribution in [0.1, 0.15) is 36.2 Å². The molecule has 2 rings (SSSR count). The molecule has 3 N–H and O–H groups in total. The quantitative estimate of drug-likeness (QED) is 0.522. The summed E-state index contributed by atoms with van der Waals surface area (Å²) in [6, 6.07) is 8.40. The molecule has 1 heterocycles. The van der Waals surface area contributed by atoms with Crippen molar-refractivity contribution in [1.82, 2.24) is 9.88 Å². The van der Waals surface area contributed by atoms with Crippen LogP contribution in [0.15, 0.2) is 53.5 Å². The first-order chi connectivity index (χ1) is 14.8. The maximum absolute atomic E-state index is 12.8. The number of aromatic nitrogens is 1. The van der Waals surface area contributed by atoms with Crippen molar-refractivity contribution in [2.24, 2.45) is 0 Å². The Labute approximate surface area is 176 Å². The van der Waals surface area contributed by atoms with Crippen molar-refractivity contribution in [3.8, 4) is 0 Å². The number of carboxylic acid groups (broad SMARTS) is 1. The Kier molecular flexibility index (Phi) is 8.18. The van der Waals surface area contributed by atoms with Gasteiger partial charge in [0.2, 0.25) is 5.91 Å². The summed E-state index contributed by atoms with van der Waals surface area (Å²) >= 11 is 0. The highest BCUT2D eigenvalue weighted by Crippen LogP contribution is 2.13. The third-order valence-corrected chi connectivity index (χ3v) is 4.50. The van der Waals surface area contributed by atoms with E-state index in [0.29, 0.717) is 5.56 Å². The Hall–Kier alpha value is -3.82. The molecule has 2 atom stereocenters. The molecule has 0 aliphatic rings. The number of anilines is 1. The molecule has 0 aliphatic heterocycles. The number of hydrogen-bond donors (Lipinski definition) is 3. The van der Waals surface area contributed by atoms with Crippen LogP contribution in [0.25, 0.3) is 0 Å². The van der Waals surface area contributed by atoms with Gasteiger partial charge in [0.15, 0.2) is 5.78 Å². The van der Waals surface area contributed by atoms with E-state index >= 15 is 0 Å². The highest BCUT2D eigenvalue weighted by atomic mass is 19.1. The third-order valence-electron chi connectivity index (χ3n) is 4.50. The number of carbonyl (C=O) groups is 4. The van der Waals surface area contributed by atoms with Crippen LogP contribution < -0.4 is 16.2 Å². The number of aliphatic carboxylic acids is 1. The Morgan fingerprint density at radius 3 is 2.35 bits per heavy atom. The van der Waals surface area contributed by atoms with Gasteiger partial charge in [-0.15, -0.1) is 0 Å². The number of amides is 2. The molecule has 0 bridgehead atoms. The second-order valence-corrected chi connectivity index (χ2v) is 6.64. The summed E-state index contributed by atoms with van der Waals surface area (Å²) in [5.41, 5.74) is -0.395. The zero-order valence-electron chi connectivity index (χ0n) is 16.7. The number of rotatable bonds is 10. The molecule has 10 heteroatoms. The highest BCUT2D eigenvalue weighted by molar-refractivity contribution is 6.04. The smallest absolute Gasteiger partial charge is 0.305 e. The molecule has 31 heavy (non-hydrogen) atoms. The van der Waals surface area contributed by atoms with Gasteiger partial charge >= 0.3 is 5.97 Å². The standard InChI is InChI=1S/C21H22FN3O6/c1-2-16(20(30)24-15(11-18(27)28)17(26)12-22)25-10-6-9-14(21(25)31)23-19(29)13-7-4-3-5-8-13/h3-10,15-16H,2,11-12H2,1H3,(H,23,29)(H,24,30)(H,27,28)/t15?,16-/m0/s1. The fraction of sp³-hybridized carbons (Fsp3) is 0.286. The van der Waals surface area contributed by atoms with Gasteiger partial charge in [0, 0.05) is 11.8 Å². The lowest BCUT2D eigenvalue weighted by molar-refractivity contribution is -0.140. The fourth-order valence-corrected chi connectivity index (χ4v) is 2.92. The summed E-state index contributed by atoms with van der Waals surface area (Å²) in [6.45, 7) is 0.172. The van der Waals surface area contributed by atoms with E-state index in [4.69, 9.17) is 5.11 Å². The highest BCUT2D eigenvalue weighted by Gasteiger charge is 2.28. The Balaban J connectivity index is 2.26. The van der Waals surface area contributed by atoms with Gasteiger partial charge in [-0.25, -0.2) is 4.39 Å². The van der Waals surface area contributed by atoms with E-state index in [0.717, 1.165) is 4.57 Å². The SMILES string of the molecule is CC[C@@H](C(=O)NC(CC(=O)O)C(=O)CF)n1cccc(NC(=O)c2ccccc2)c1=O. The largest absolute Gasteiger partial charge is 0.481 e. The molecule has 2 amide bonds. The van der Waals surface area contributed by atoms with Gasteiger partial charge in [-0.05, 0) is 30.7 Å². The lowest BCUT2D eigenvalue weighted by Gasteiger charge is -2.22. The molecule has 1 aromatic carbocycles. The topological polar surface area (TPSA) is 135 Å². The minimum atomic E-state index is -1.55. The number of Topliss-reactive ketones (excluding diaryl/α,β-unsaturated/α-hetero) is 1. The van der Waals surface area contributed by atoms with Crippen molar-refractivity contribution in [2.75, 3.05) is 12.0 Å². The number of carbonyl (C=O) groups excluding carboxylic acids is 3. The van der Waals surface area contributed by atoms with Crippen molar-refractivity contribution < 1.29 is 28.7 Å². The van der Waals surface area contributed by atoms with Crippen LogP contribution in [0.5, 0.6) is 0 Å². The van der Waals surface area contributed by atoms with Gasteiger partial charge in [0.05, 0.1) is 6.42 Å². The molecule has 2 aromatic rings. The lowest BCUT2D eigenvalue weighted by atomic mass is 10.1. The number of alkyl halides is 1. The summed E-state index contributed by atoms with van der Waals surface area (Å²) in [4.78, 5) is 60.4. The number of carboxylic acids is 1. The van der Waals surface area contributed by atoms with Crippen molar-refractivity contribution in [2.45, 2.75) is 31.8 Å². The van der Waals surface area contributed by atoms with Gasteiger partial charge in [-0.3, -0.25) is 24.0 Å². The monoisotopic (exact) mass is 431 g/mol. The minimum Gasteiger partial charge on any atom is -0.481 e. The van der Waals surface area contributed by atoms with E-state index in [1.807, 2.05) is 0 Å². The Bertz CT molecular complexity index is 1020. The lowest BCUT2D eigenvalue weighted by Crippen LogP contribution is -2.47. The number of ketones is 1. The van der Waals surface area contributed by atoms with E-state index in [-0.39, 0.29) is 12.1 Å². The predicted molar refractivity (Wildman–Crippen MR) is 110 cm³/mol. The van der Waals surface area contributed by atoms with Crippen LogP contribution in [-0.4, -0.2) is 46.0 Å². The van der Waals surface area contributed by atoms with Crippen LogP contribution in [0, 0.1) is 0 Å². The van der Waals surface area contributed by atoms with Crippen molar-refractivity contribution in [3.63, 3.8) is 0 Å². The second kappa shape index (κ2) is 10.8. The van der Waals surface area contributed by atoms with Crippen LogP contribution >= 0.6 is 0 Å². The van der Waals surface area contributed by atoms with Gasteiger partial charge in [0.25, 0.3) is 11.5 Å². The zero-order chi connectivity index (χ0) is 23.0. The molecule has 0 aliphatic carbocycles. The van der Waals surface area contributed by atoms with E-state index < -0.39 is 54.3 Å². The number of pyridine rings is 1. The number of nitrogens with zero attached hydrogens (tertiary/aromatic N) is 1. The van der Waals surface area contributed by atoms with E-state index in [9.17, 15) is 28.4 Å². The first-order valence-electron chi connectivity index (χ1n) is 9.46. The Morgan fingerprint density at radius 2 is 1.77 bits per heavy atom. The Morgan fingerprint density at radius 1 is 1.10 bits per heavy atom. The average Bonchev–Trinajstić information content (AvgIpc) is 2.75. The van der Waals surface area contributed by atoms with Gasteiger partial charge in [0.1, 0.15) is 24.4 Å². The van der Waals surface area contributed by atoms with Crippen LogP contribution in [0.4, 0.5) is 10.1 Å². The number of halogens is 1. The maximum Gasteiger partial charge on any atom is 0.305 e. The molecule has 1 aromatic heterocycles. The first-order valence-corrected chi connectivity index (χ1v) is 9.46. The number of nitrogens with one attached hydrogen (secondary N) is 2. The molecule has 0 saturated heterocycles. The van der Waals surface area contributed by atoms with Crippen LogP contribution in [0.3, 0.4) is 0 Å². The summed E-state index contributed by atoms with van der Waals surface area (Å²) in [6.07, 6.45) is 0.663. The molecule has 1 unspecified atom stereocenters. The minimum absolute atomic E-state index is 0.0653. The van der Waals surface area contributed by atoms with Crippen LogP contribution in [-0.2, 0) is 14.4 Å². The molecule has 0 radical (unpaired) electrons. The zero-order valence-corrected chi connectivity index (χ0v) is 16.7. The van der Waals surface area contributed by atoms with Crippen LogP contribution in [0.2, 0.25) is 0 Å². The molecule has 0 saturated carbocycles. The number of benzene rings is 1. The molecule has 9 nitrogen and oxygen atoms in total. The predicted octanol–water partition coefficient (Wildman–Crippen LogP) is 1.55. The first kappa shape index (κ1) is 23.5. The maximum atomic E-state index is 12.8. The van der Waals surface area contributed by atoms with E-state index in [1.165, 1.54) is 18.3 Å². The molecule has 164 valence electrons. The van der Waals surface area contributed by atoms with Crippen molar-refractivity contribution in [3.05, 3.63) is 64.6 Å². The average molecular weight is 431 g/mol. The van der Waals surface area contributed by atoms with E-state index in [1.54, 1.807) is 37.3 Å². The molecule has 0 spiro atoms. The second-order valence-electron chi connectivity index (χ2n) is 6.64. The van der Waals surface area contributed by atoms with Gasteiger partial charge in [-0.2, -0.15) is 0 Å². The molecular formula is C21H22FN3O6. The van der Waals surface area contributed by atoms with Gasteiger partial charge in [-0.1, -0.05) is 25.1 Å². The third kappa shape index (κ3) is 6.08. The van der Waals surface area contributed by atoms with E-state index in [2.05, 4.69) is 10.6 Å². The molecule has 0 fully saturated rings. The summed E-state index contributed by atoms with van der Waals surface area (Å²) in [5, 5.41) is 13.6. The van der Waals surface area contributed by atoms with Crippen molar-refractivity contribution in [1.29, 1.82) is 0 Å². The fourth-order valence-electron chi connectivity index (χ4n) is 2.92. The summed E-state index contributed by atoms with van der Waals surface area (Å²) in [5.74, 6) is -3.79. The normalized spacial score (nSPS) is 12.5. The van der Waals surface area contributed by atoms with Gasteiger partial charge < -0.3 is 20.3 Å². The number of hydrogen-bond acceptors (Lipinski definition) is 5. The summed E-state index contributed by atoms with van der Waals surface area (Å²) < 4.78 is 13.8. The van der Waals surface area contributed by atoms with Crippen molar-refractivity contribution >= 4 is 29.3 Å². The molecular weight excluding hydrogens is 409 g/mol.